The summed E-state index contributed by atoms with van der Waals surface area (Å²) in [6, 6.07) is 8.16. The summed E-state index contributed by atoms with van der Waals surface area (Å²) in [6.45, 7) is 5.16. The van der Waals surface area contributed by atoms with E-state index in [1.165, 1.54) is 5.56 Å². The van der Waals surface area contributed by atoms with Crippen LogP contribution in [0.4, 0.5) is 5.69 Å². The maximum Gasteiger partial charge on any atom is 0.267 e. The molecule has 0 spiro atoms. The van der Waals surface area contributed by atoms with Crippen LogP contribution in [0.3, 0.4) is 0 Å². The third-order valence-corrected chi connectivity index (χ3v) is 3.43. The third kappa shape index (κ3) is 3.44. The first kappa shape index (κ1) is 13.8. The van der Waals surface area contributed by atoms with Gasteiger partial charge in [-0.2, -0.15) is 0 Å². The van der Waals surface area contributed by atoms with Crippen LogP contribution in [-0.4, -0.2) is 16.1 Å². The molecule has 0 saturated carbocycles. The van der Waals surface area contributed by atoms with E-state index in [0.717, 1.165) is 11.5 Å². The van der Waals surface area contributed by atoms with Crippen LogP contribution in [0.25, 0.3) is 0 Å². The second-order valence-corrected chi connectivity index (χ2v) is 5.26. The van der Waals surface area contributed by atoms with Crippen LogP contribution in [0.15, 0.2) is 39.7 Å². The van der Waals surface area contributed by atoms with Gasteiger partial charge in [-0.25, -0.2) is 4.98 Å². The highest BCUT2D eigenvalue weighted by atomic mass is 79.9. The van der Waals surface area contributed by atoms with Gasteiger partial charge in [0.2, 0.25) is 0 Å². The predicted molar refractivity (Wildman–Crippen MR) is 80.6 cm³/mol. The molecule has 0 bridgehead atoms. The van der Waals surface area contributed by atoms with Gasteiger partial charge in [0.15, 0.2) is 0 Å². The Hall–Kier alpha value is -1.62. The fraction of sp³-hybridized carbons (Fsp3) is 0.286. The average molecular weight is 322 g/mol. The van der Waals surface area contributed by atoms with Gasteiger partial charge in [-0.1, -0.05) is 12.1 Å². The molecule has 0 aliphatic rings. The molecule has 19 heavy (non-hydrogen) atoms. The summed E-state index contributed by atoms with van der Waals surface area (Å²) in [5.41, 5.74) is 2.23. The Bertz CT molecular complexity index is 637. The van der Waals surface area contributed by atoms with E-state index in [2.05, 4.69) is 45.3 Å². The van der Waals surface area contributed by atoms with Crippen LogP contribution in [0.2, 0.25) is 0 Å². The molecule has 0 amide bonds. The second-order valence-electron chi connectivity index (χ2n) is 4.41. The monoisotopic (exact) mass is 321 g/mol. The first-order valence-corrected chi connectivity index (χ1v) is 6.89. The zero-order valence-corrected chi connectivity index (χ0v) is 12.6. The summed E-state index contributed by atoms with van der Waals surface area (Å²) >= 11 is 3.21. The number of nitrogens with one attached hydrogen (secondary N) is 1. The molecule has 0 saturated heterocycles. The molecular weight excluding hydrogens is 306 g/mol. The van der Waals surface area contributed by atoms with Crippen molar-refractivity contribution in [2.45, 2.75) is 20.4 Å². The Morgan fingerprint density at radius 2 is 2.16 bits per heavy atom. The van der Waals surface area contributed by atoms with Crippen LogP contribution in [-0.2, 0) is 6.54 Å². The van der Waals surface area contributed by atoms with Gasteiger partial charge in [-0.3, -0.25) is 9.36 Å². The Morgan fingerprint density at radius 1 is 1.37 bits per heavy atom. The highest BCUT2D eigenvalue weighted by Gasteiger charge is 2.04. The molecule has 1 N–H and O–H groups in total. The molecule has 0 atom stereocenters. The lowest BCUT2D eigenvalue weighted by atomic mass is 10.2. The highest BCUT2D eigenvalue weighted by Crippen LogP contribution is 2.09. The summed E-state index contributed by atoms with van der Waals surface area (Å²) in [5.74, 6) is 0.722. The standard InChI is InChI=1S/C14H16BrN3O/c1-10-4-3-5-12(8-10)16-6-7-18-11(2)17-9-13(15)14(18)19/h3-5,8-9,16H,6-7H2,1-2H3. The number of benzene rings is 1. The highest BCUT2D eigenvalue weighted by molar-refractivity contribution is 9.10. The maximum atomic E-state index is 11.9. The van der Waals surface area contributed by atoms with Crippen molar-refractivity contribution >= 4 is 21.6 Å². The number of anilines is 1. The number of hydrogen-bond donors (Lipinski definition) is 1. The molecule has 0 aliphatic heterocycles. The Kier molecular flexibility index (Phi) is 4.37. The molecule has 1 aromatic heterocycles. The van der Waals surface area contributed by atoms with Crippen LogP contribution >= 0.6 is 15.9 Å². The molecule has 100 valence electrons. The predicted octanol–water partition coefficient (Wildman–Crippen LogP) is 2.73. The summed E-state index contributed by atoms with van der Waals surface area (Å²) in [6.07, 6.45) is 1.54. The summed E-state index contributed by atoms with van der Waals surface area (Å²) < 4.78 is 2.15. The molecule has 0 unspecified atom stereocenters. The molecule has 2 rings (SSSR count). The fourth-order valence-corrected chi connectivity index (χ4v) is 2.20. The van der Waals surface area contributed by atoms with Crippen LogP contribution in [0.5, 0.6) is 0 Å². The normalized spacial score (nSPS) is 10.5. The van der Waals surface area contributed by atoms with Crippen molar-refractivity contribution in [1.29, 1.82) is 0 Å². The number of nitrogens with zero attached hydrogens (tertiary/aromatic N) is 2. The molecule has 4 nitrogen and oxygen atoms in total. The largest absolute Gasteiger partial charge is 0.383 e. The van der Waals surface area contributed by atoms with E-state index >= 15 is 0 Å². The molecule has 2 aromatic rings. The molecule has 5 heteroatoms. The minimum Gasteiger partial charge on any atom is -0.383 e. The van der Waals surface area contributed by atoms with Gasteiger partial charge >= 0.3 is 0 Å². The van der Waals surface area contributed by atoms with E-state index in [9.17, 15) is 4.79 Å². The van der Waals surface area contributed by atoms with Crippen molar-refractivity contribution in [1.82, 2.24) is 9.55 Å². The van der Waals surface area contributed by atoms with Crippen molar-refractivity contribution in [2.24, 2.45) is 0 Å². The van der Waals surface area contributed by atoms with Crippen molar-refractivity contribution in [3.8, 4) is 0 Å². The van der Waals surface area contributed by atoms with Crippen molar-refractivity contribution in [2.75, 3.05) is 11.9 Å². The second kappa shape index (κ2) is 6.02. The molecule has 1 heterocycles. The third-order valence-electron chi connectivity index (χ3n) is 2.89. The van der Waals surface area contributed by atoms with Crippen LogP contribution < -0.4 is 10.9 Å². The van der Waals surface area contributed by atoms with Gasteiger partial charge in [-0.15, -0.1) is 0 Å². The Morgan fingerprint density at radius 3 is 2.89 bits per heavy atom. The molecule has 0 fully saturated rings. The fourth-order valence-electron chi connectivity index (χ4n) is 1.88. The quantitative estimate of drug-likeness (QED) is 0.941. The maximum absolute atomic E-state index is 11.9. The number of aryl methyl sites for hydroxylation is 2. The smallest absolute Gasteiger partial charge is 0.267 e. The van der Waals surface area contributed by atoms with Gasteiger partial charge in [0.25, 0.3) is 5.56 Å². The molecule has 1 aromatic carbocycles. The molecular formula is C14H16BrN3O. The summed E-state index contributed by atoms with van der Waals surface area (Å²) in [4.78, 5) is 16.1. The van der Waals surface area contributed by atoms with Crippen LogP contribution in [0.1, 0.15) is 11.4 Å². The number of rotatable bonds is 4. The van der Waals surface area contributed by atoms with Gasteiger partial charge in [0.05, 0.1) is 0 Å². The summed E-state index contributed by atoms with van der Waals surface area (Å²) in [5, 5.41) is 3.31. The van der Waals surface area contributed by atoms with Gasteiger partial charge in [0, 0.05) is 25.0 Å². The van der Waals surface area contributed by atoms with E-state index in [4.69, 9.17) is 0 Å². The van der Waals surface area contributed by atoms with E-state index < -0.39 is 0 Å². The number of hydrogen-bond acceptors (Lipinski definition) is 3. The zero-order chi connectivity index (χ0) is 13.8. The Balaban J connectivity index is 2.04. The van der Waals surface area contributed by atoms with E-state index in [1.54, 1.807) is 10.8 Å². The van der Waals surface area contributed by atoms with Crippen molar-refractivity contribution in [3.63, 3.8) is 0 Å². The lowest BCUT2D eigenvalue weighted by molar-refractivity contribution is 0.649. The lowest BCUT2D eigenvalue weighted by Gasteiger charge is -2.11. The minimum atomic E-state index is -0.0430. The van der Waals surface area contributed by atoms with Gasteiger partial charge in [-0.05, 0) is 47.5 Å². The first-order valence-electron chi connectivity index (χ1n) is 6.10. The Labute approximate surface area is 120 Å². The molecule has 0 aliphatic carbocycles. The summed E-state index contributed by atoms with van der Waals surface area (Å²) in [7, 11) is 0. The number of halogens is 1. The topological polar surface area (TPSA) is 46.9 Å². The van der Waals surface area contributed by atoms with Crippen LogP contribution in [0, 0.1) is 13.8 Å². The van der Waals surface area contributed by atoms with E-state index in [-0.39, 0.29) is 5.56 Å². The van der Waals surface area contributed by atoms with E-state index in [1.807, 2.05) is 19.1 Å². The van der Waals surface area contributed by atoms with E-state index in [0.29, 0.717) is 17.6 Å². The zero-order valence-electron chi connectivity index (χ0n) is 11.0. The number of aromatic nitrogens is 2. The van der Waals surface area contributed by atoms with Crippen molar-refractivity contribution < 1.29 is 0 Å². The SMILES string of the molecule is Cc1cccc(NCCn2c(C)ncc(Br)c2=O)c1. The molecule has 0 radical (unpaired) electrons. The van der Waals surface area contributed by atoms with Crippen molar-refractivity contribution in [3.05, 3.63) is 56.7 Å². The lowest BCUT2D eigenvalue weighted by Crippen LogP contribution is -2.27. The van der Waals surface area contributed by atoms with Gasteiger partial charge < -0.3 is 5.32 Å². The van der Waals surface area contributed by atoms with Gasteiger partial charge in [0.1, 0.15) is 10.3 Å². The average Bonchev–Trinajstić information content (AvgIpc) is 2.38. The first-order chi connectivity index (χ1) is 9.08. The minimum absolute atomic E-state index is 0.0430.